The van der Waals surface area contributed by atoms with Gasteiger partial charge in [-0.2, -0.15) is 0 Å². The summed E-state index contributed by atoms with van der Waals surface area (Å²) in [7, 11) is 0. The fraction of sp³-hybridized carbons (Fsp3) is 0.143. The van der Waals surface area contributed by atoms with Gasteiger partial charge in [0.1, 0.15) is 5.82 Å². The van der Waals surface area contributed by atoms with E-state index in [0.29, 0.717) is 10.8 Å². The Morgan fingerprint density at radius 3 is 2.09 bits per heavy atom. The maximum atomic E-state index is 13.5. The van der Waals surface area contributed by atoms with Gasteiger partial charge in [-0.25, -0.2) is 18.7 Å². The first-order valence-electron chi connectivity index (χ1n) is 10.5. The van der Waals surface area contributed by atoms with Crippen LogP contribution in [0.25, 0.3) is 10.8 Å². The van der Waals surface area contributed by atoms with Crippen molar-refractivity contribution < 1.29 is 8.78 Å². The van der Waals surface area contributed by atoms with Crippen LogP contribution >= 0.6 is 0 Å². The number of aryl methyl sites for hydroxylation is 3. The number of allylic oxidation sites excluding steroid dienone is 1. The van der Waals surface area contributed by atoms with E-state index in [1.165, 1.54) is 17.7 Å². The molecule has 4 heteroatoms. The first-order chi connectivity index (χ1) is 15.6. The Kier molecular flexibility index (Phi) is 6.67. The Morgan fingerprint density at radius 1 is 0.719 bits per heavy atom. The van der Waals surface area contributed by atoms with Crippen LogP contribution in [0.4, 0.5) is 8.78 Å². The summed E-state index contributed by atoms with van der Waals surface area (Å²) in [6.45, 7) is 3.73. The molecule has 0 aliphatic rings. The number of rotatable bonds is 6. The molecule has 1 aromatic heterocycles. The van der Waals surface area contributed by atoms with E-state index in [4.69, 9.17) is 0 Å². The molecule has 0 radical (unpaired) electrons. The van der Waals surface area contributed by atoms with E-state index < -0.39 is 11.6 Å². The average Bonchev–Trinajstić information content (AvgIpc) is 2.82. The highest BCUT2D eigenvalue weighted by molar-refractivity contribution is 5.84. The summed E-state index contributed by atoms with van der Waals surface area (Å²) in [6.07, 6.45) is 9.16. The molecule has 3 aromatic carbocycles. The van der Waals surface area contributed by atoms with E-state index in [-0.39, 0.29) is 0 Å². The molecule has 158 valence electrons. The minimum absolute atomic E-state index is 0.627. The molecule has 0 unspecified atom stereocenters. The Morgan fingerprint density at radius 2 is 1.38 bits per heavy atom. The van der Waals surface area contributed by atoms with Crippen LogP contribution in [0.1, 0.15) is 34.5 Å². The van der Waals surface area contributed by atoms with Gasteiger partial charge in [0.05, 0.1) is 0 Å². The van der Waals surface area contributed by atoms with E-state index in [9.17, 15) is 8.78 Å². The molecule has 0 aliphatic carbocycles. The van der Waals surface area contributed by atoms with E-state index >= 15 is 0 Å². The molecular formula is C28H22F2N2. The van der Waals surface area contributed by atoms with Crippen LogP contribution < -0.4 is 0 Å². The lowest BCUT2D eigenvalue weighted by atomic mass is 10.1. The second-order valence-electron chi connectivity index (χ2n) is 7.61. The van der Waals surface area contributed by atoms with Gasteiger partial charge in [0.2, 0.25) is 0 Å². The normalized spacial score (nSPS) is 10.6. The van der Waals surface area contributed by atoms with Gasteiger partial charge in [-0.3, -0.25) is 0 Å². The molecule has 0 saturated carbocycles. The molecule has 4 aromatic rings. The summed E-state index contributed by atoms with van der Waals surface area (Å²) in [5.74, 6) is 5.36. The maximum Gasteiger partial charge on any atom is 0.159 e. The predicted molar refractivity (Wildman–Crippen MR) is 124 cm³/mol. The zero-order chi connectivity index (χ0) is 22.3. The van der Waals surface area contributed by atoms with E-state index in [0.717, 1.165) is 48.2 Å². The number of fused-ring (bicyclic) bond motifs is 1. The zero-order valence-electron chi connectivity index (χ0n) is 17.6. The van der Waals surface area contributed by atoms with Crippen LogP contribution in [0.2, 0.25) is 0 Å². The highest BCUT2D eigenvalue weighted by Gasteiger charge is 2.04. The van der Waals surface area contributed by atoms with Gasteiger partial charge in [0.25, 0.3) is 0 Å². The first-order valence-corrected chi connectivity index (χ1v) is 10.5. The highest BCUT2D eigenvalue weighted by Crippen LogP contribution is 2.19. The minimum atomic E-state index is -0.854. The molecule has 2 nitrogen and oxygen atoms in total. The van der Waals surface area contributed by atoms with Crippen molar-refractivity contribution in [3.8, 4) is 11.8 Å². The lowest BCUT2D eigenvalue weighted by Crippen LogP contribution is -1.99. The number of hydrogen-bond donors (Lipinski definition) is 0. The van der Waals surface area contributed by atoms with Gasteiger partial charge in [-0.15, -0.1) is 6.58 Å². The van der Waals surface area contributed by atoms with Crippen molar-refractivity contribution in [2.75, 3.05) is 0 Å². The Labute approximate surface area is 186 Å². The third-order valence-electron chi connectivity index (χ3n) is 5.22. The third kappa shape index (κ3) is 5.44. The summed E-state index contributed by atoms with van der Waals surface area (Å²) in [6, 6.07) is 15.8. The largest absolute Gasteiger partial charge is 0.241 e. The van der Waals surface area contributed by atoms with Gasteiger partial charge < -0.3 is 0 Å². The fourth-order valence-corrected chi connectivity index (χ4v) is 3.38. The van der Waals surface area contributed by atoms with Crippen molar-refractivity contribution in [1.29, 1.82) is 0 Å². The lowest BCUT2D eigenvalue weighted by molar-refractivity contribution is 0.511. The second-order valence-corrected chi connectivity index (χ2v) is 7.61. The second kappa shape index (κ2) is 9.98. The van der Waals surface area contributed by atoms with Crippen LogP contribution in [0.3, 0.4) is 0 Å². The number of benzene rings is 3. The molecule has 0 atom stereocenters. The summed E-state index contributed by atoms with van der Waals surface area (Å²) >= 11 is 0. The summed E-state index contributed by atoms with van der Waals surface area (Å²) in [5, 5.41) is 1.27. The van der Waals surface area contributed by atoms with Crippen molar-refractivity contribution in [3.05, 3.63) is 119 Å². The maximum absolute atomic E-state index is 13.5. The molecule has 0 saturated heterocycles. The van der Waals surface area contributed by atoms with Crippen molar-refractivity contribution in [1.82, 2.24) is 9.97 Å². The van der Waals surface area contributed by atoms with Crippen LogP contribution in [0, 0.1) is 23.5 Å². The fourth-order valence-electron chi connectivity index (χ4n) is 3.38. The van der Waals surface area contributed by atoms with Crippen LogP contribution in [-0.4, -0.2) is 9.97 Å². The number of aromatic nitrogens is 2. The van der Waals surface area contributed by atoms with Crippen molar-refractivity contribution in [3.63, 3.8) is 0 Å². The molecule has 4 rings (SSSR count). The molecule has 0 fully saturated rings. The van der Waals surface area contributed by atoms with E-state index in [2.05, 4.69) is 40.5 Å². The lowest BCUT2D eigenvalue weighted by Gasteiger charge is -2.03. The van der Waals surface area contributed by atoms with Crippen molar-refractivity contribution >= 4 is 10.8 Å². The molecule has 0 spiro atoms. The molecule has 0 N–H and O–H groups in total. The first kappa shape index (κ1) is 21.4. The number of halogens is 2. The Balaban J connectivity index is 1.38. The van der Waals surface area contributed by atoms with Gasteiger partial charge in [0, 0.05) is 29.9 Å². The minimum Gasteiger partial charge on any atom is -0.241 e. The Bertz CT molecular complexity index is 1300. The summed E-state index contributed by atoms with van der Waals surface area (Å²) < 4.78 is 26.8. The van der Waals surface area contributed by atoms with Gasteiger partial charge in [-0.05, 0) is 77.6 Å². The van der Waals surface area contributed by atoms with Crippen molar-refractivity contribution in [2.45, 2.75) is 25.7 Å². The number of nitrogens with zero attached hydrogens (tertiary/aromatic N) is 2. The predicted octanol–water partition coefficient (Wildman–Crippen LogP) is 6.21. The van der Waals surface area contributed by atoms with E-state index in [1.54, 1.807) is 12.1 Å². The smallest absolute Gasteiger partial charge is 0.159 e. The Hall–Kier alpha value is -3.84. The molecule has 0 bridgehead atoms. The number of hydrogen-bond acceptors (Lipinski definition) is 2. The molecule has 0 aliphatic heterocycles. The molecule has 1 heterocycles. The SMILES string of the molecule is C=CCCc1cnc(CCc2ccc(C#Cc3ccc4cc(F)c(F)cc4c3)cc2)nc1. The average molecular weight is 424 g/mol. The third-order valence-corrected chi connectivity index (χ3v) is 5.22. The standard InChI is InChI=1S/C28H22F2N2/c1-2-3-4-23-18-31-28(32-19-23)14-12-21-7-5-20(6-8-21)9-10-22-11-13-24-16-26(29)27(30)17-25(24)15-22/h2,5-8,11,13,15-19H,1,3-4,12,14H2. The van der Waals surface area contributed by atoms with Gasteiger partial charge in [-0.1, -0.05) is 36.1 Å². The van der Waals surface area contributed by atoms with Crippen LogP contribution in [0.5, 0.6) is 0 Å². The molecule has 32 heavy (non-hydrogen) atoms. The molecular weight excluding hydrogens is 402 g/mol. The topological polar surface area (TPSA) is 25.8 Å². The highest BCUT2D eigenvalue weighted by atomic mass is 19.2. The van der Waals surface area contributed by atoms with Crippen molar-refractivity contribution in [2.24, 2.45) is 0 Å². The quantitative estimate of drug-likeness (QED) is 0.272. The van der Waals surface area contributed by atoms with Gasteiger partial charge in [0.15, 0.2) is 11.6 Å². The zero-order valence-corrected chi connectivity index (χ0v) is 17.6. The summed E-state index contributed by atoms with van der Waals surface area (Å²) in [4.78, 5) is 8.89. The monoisotopic (exact) mass is 424 g/mol. The summed E-state index contributed by atoms with van der Waals surface area (Å²) in [5.41, 5.74) is 3.96. The van der Waals surface area contributed by atoms with Gasteiger partial charge >= 0.3 is 0 Å². The molecule has 0 amide bonds. The van der Waals surface area contributed by atoms with Crippen LogP contribution in [0.15, 0.2) is 79.6 Å². The van der Waals surface area contributed by atoms with Crippen LogP contribution in [-0.2, 0) is 19.3 Å². The van der Waals surface area contributed by atoms with E-state index in [1.807, 2.05) is 36.7 Å².